The molecule has 0 aromatic rings. The molecule has 0 heterocycles. The lowest BCUT2D eigenvalue weighted by molar-refractivity contribution is 0.0761. The fourth-order valence-electron chi connectivity index (χ4n) is 2.19. The number of hydrogen-bond acceptors (Lipinski definition) is 1. The molecule has 0 amide bonds. The lowest BCUT2D eigenvalue weighted by Gasteiger charge is -2.15. The van der Waals surface area contributed by atoms with E-state index in [1.807, 2.05) is 0 Å². The van der Waals surface area contributed by atoms with Crippen molar-refractivity contribution in [2.45, 2.75) is 45.4 Å². The zero-order chi connectivity index (χ0) is 10.2. The van der Waals surface area contributed by atoms with Crippen LogP contribution in [0.25, 0.3) is 0 Å². The molecule has 0 aromatic carbocycles. The van der Waals surface area contributed by atoms with Gasteiger partial charge in [-0.2, -0.15) is 0 Å². The van der Waals surface area contributed by atoms with Gasteiger partial charge in [0, 0.05) is 11.9 Å². The Labute approximate surface area is 96.7 Å². The Morgan fingerprint density at radius 3 is 2.64 bits per heavy atom. The normalized spacial score (nSPS) is 20.1. The second-order valence-electron chi connectivity index (χ2n) is 4.50. The molecule has 0 spiro atoms. The minimum Gasteiger partial charge on any atom is -0.381 e. The topological polar surface area (TPSA) is 9.23 Å². The van der Waals surface area contributed by atoms with Crippen LogP contribution in [-0.2, 0) is 4.74 Å². The van der Waals surface area contributed by atoms with E-state index < -0.39 is 0 Å². The molecule has 0 aromatic heterocycles. The standard InChI is InChI=1S/C12H23BrO/c1-2-5-12(8-13)10-14-9-11-6-3-4-7-11/h11-12H,2-10H2,1H3. The molecule has 1 aliphatic rings. The highest BCUT2D eigenvalue weighted by Gasteiger charge is 2.15. The van der Waals surface area contributed by atoms with E-state index in [-0.39, 0.29) is 0 Å². The number of alkyl halides is 1. The largest absolute Gasteiger partial charge is 0.381 e. The fraction of sp³-hybridized carbons (Fsp3) is 1.00. The van der Waals surface area contributed by atoms with E-state index in [0.717, 1.165) is 30.4 Å². The van der Waals surface area contributed by atoms with Gasteiger partial charge in [-0.05, 0) is 31.1 Å². The van der Waals surface area contributed by atoms with Crippen LogP contribution in [0.1, 0.15) is 45.4 Å². The predicted octanol–water partition coefficient (Wildman–Crippen LogP) is 4.00. The van der Waals surface area contributed by atoms with Crippen LogP contribution in [0.2, 0.25) is 0 Å². The SMILES string of the molecule is CCCC(CBr)COCC1CCCC1. The van der Waals surface area contributed by atoms with E-state index in [0.29, 0.717) is 0 Å². The van der Waals surface area contributed by atoms with Crippen LogP contribution >= 0.6 is 15.9 Å². The molecule has 1 atom stereocenters. The molecular weight excluding hydrogens is 240 g/mol. The third kappa shape index (κ3) is 4.79. The van der Waals surface area contributed by atoms with Crippen molar-refractivity contribution in [2.24, 2.45) is 11.8 Å². The number of rotatable bonds is 7. The van der Waals surface area contributed by atoms with Gasteiger partial charge in [0.05, 0.1) is 6.61 Å². The van der Waals surface area contributed by atoms with Crippen LogP contribution in [0.4, 0.5) is 0 Å². The summed E-state index contributed by atoms with van der Waals surface area (Å²) < 4.78 is 5.79. The molecule has 1 unspecified atom stereocenters. The summed E-state index contributed by atoms with van der Waals surface area (Å²) in [6.45, 7) is 4.20. The maximum atomic E-state index is 5.79. The van der Waals surface area contributed by atoms with Crippen LogP contribution in [0.3, 0.4) is 0 Å². The van der Waals surface area contributed by atoms with Gasteiger partial charge in [0.25, 0.3) is 0 Å². The Kier molecular flexibility index (Phi) is 6.88. The highest BCUT2D eigenvalue weighted by Crippen LogP contribution is 2.25. The van der Waals surface area contributed by atoms with Crippen molar-refractivity contribution < 1.29 is 4.74 Å². The minimum atomic E-state index is 0.724. The zero-order valence-electron chi connectivity index (χ0n) is 9.30. The summed E-state index contributed by atoms with van der Waals surface area (Å²) in [6.07, 6.45) is 8.19. The average Bonchev–Trinajstić information content (AvgIpc) is 2.69. The molecule has 1 fully saturated rings. The smallest absolute Gasteiger partial charge is 0.0502 e. The van der Waals surface area contributed by atoms with Crippen molar-refractivity contribution in [3.05, 3.63) is 0 Å². The van der Waals surface area contributed by atoms with Gasteiger partial charge in [-0.15, -0.1) is 0 Å². The zero-order valence-corrected chi connectivity index (χ0v) is 10.9. The quantitative estimate of drug-likeness (QED) is 0.631. The number of hydrogen-bond donors (Lipinski definition) is 0. The summed E-state index contributed by atoms with van der Waals surface area (Å²) in [7, 11) is 0. The van der Waals surface area contributed by atoms with E-state index in [1.54, 1.807) is 0 Å². The Balaban J connectivity index is 2.00. The van der Waals surface area contributed by atoms with Gasteiger partial charge >= 0.3 is 0 Å². The Morgan fingerprint density at radius 2 is 2.07 bits per heavy atom. The van der Waals surface area contributed by atoms with Crippen LogP contribution < -0.4 is 0 Å². The molecule has 0 bridgehead atoms. The van der Waals surface area contributed by atoms with E-state index in [1.165, 1.54) is 38.5 Å². The monoisotopic (exact) mass is 262 g/mol. The van der Waals surface area contributed by atoms with Gasteiger partial charge < -0.3 is 4.74 Å². The van der Waals surface area contributed by atoms with Crippen molar-refractivity contribution in [1.29, 1.82) is 0 Å². The van der Waals surface area contributed by atoms with E-state index in [2.05, 4.69) is 22.9 Å². The lowest BCUT2D eigenvalue weighted by atomic mass is 10.1. The summed E-state index contributed by atoms with van der Waals surface area (Å²) in [4.78, 5) is 0. The Morgan fingerprint density at radius 1 is 1.36 bits per heavy atom. The molecule has 1 nitrogen and oxygen atoms in total. The first-order chi connectivity index (χ1) is 6.86. The van der Waals surface area contributed by atoms with E-state index in [9.17, 15) is 0 Å². The fourth-order valence-corrected chi connectivity index (χ4v) is 2.70. The highest BCUT2D eigenvalue weighted by atomic mass is 79.9. The minimum absolute atomic E-state index is 0.724. The molecule has 0 radical (unpaired) electrons. The lowest BCUT2D eigenvalue weighted by Crippen LogP contribution is -2.14. The average molecular weight is 263 g/mol. The maximum Gasteiger partial charge on any atom is 0.0502 e. The third-order valence-electron chi connectivity index (χ3n) is 3.10. The molecule has 84 valence electrons. The molecular formula is C12H23BrO. The van der Waals surface area contributed by atoms with Crippen LogP contribution in [0.5, 0.6) is 0 Å². The molecule has 1 saturated carbocycles. The third-order valence-corrected chi connectivity index (χ3v) is 4.01. The number of ether oxygens (including phenoxy) is 1. The van der Waals surface area contributed by atoms with Crippen LogP contribution in [0.15, 0.2) is 0 Å². The summed E-state index contributed by atoms with van der Waals surface area (Å²) in [5, 5.41) is 1.09. The molecule has 1 aliphatic carbocycles. The summed E-state index contributed by atoms with van der Waals surface area (Å²) in [6, 6.07) is 0. The second kappa shape index (κ2) is 7.70. The summed E-state index contributed by atoms with van der Waals surface area (Å²) in [5.41, 5.74) is 0. The highest BCUT2D eigenvalue weighted by molar-refractivity contribution is 9.09. The van der Waals surface area contributed by atoms with Crippen LogP contribution in [0, 0.1) is 11.8 Å². The molecule has 2 heteroatoms. The van der Waals surface area contributed by atoms with Gasteiger partial charge in [0.1, 0.15) is 0 Å². The van der Waals surface area contributed by atoms with Gasteiger partial charge in [-0.1, -0.05) is 42.1 Å². The van der Waals surface area contributed by atoms with E-state index >= 15 is 0 Å². The van der Waals surface area contributed by atoms with Gasteiger partial charge in [-0.25, -0.2) is 0 Å². The first-order valence-corrected chi connectivity index (χ1v) is 7.12. The second-order valence-corrected chi connectivity index (χ2v) is 5.14. The van der Waals surface area contributed by atoms with Gasteiger partial charge in [0.2, 0.25) is 0 Å². The summed E-state index contributed by atoms with van der Waals surface area (Å²) in [5.74, 6) is 1.59. The van der Waals surface area contributed by atoms with Crippen molar-refractivity contribution in [3.8, 4) is 0 Å². The Hall–Kier alpha value is 0.440. The van der Waals surface area contributed by atoms with Gasteiger partial charge in [0.15, 0.2) is 0 Å². The molecule has 0 N–H and O–H groups in total. The van der Waals surface area contributed by atoms with Crippen LogP contribution in [-0.4, -0.2) is 18.5 Å². The van der Waals surface area contributed by atoms with E-state index in [4.69, 9.17) is 4.74 Å². The molecule has 1 rings (SSSR count). The van der Waals surface area contributed by atoms with Crippen molar-refractivity contribution in [1.82, 2.24) is 0 Å². The molecule has 14 heavy (non-hydrogen) atoms. The maximum absolute atomic E-state index is 5.79. The predicted molar refractivity (Wildman–Crippen MR) is 65.0 cm³/mol. The molecule has 0 saturated heterocycles. The first-order valence-electron chi connectivity index (χ1n) is 6.00. The van der Waals surface area contributed by atoms with Crippen molar-refractivity contribution >= 4 is 15.9 Å². The molecule has 0 aliphatic heterocycles. The summed E-state index contributed by atoms with van der Waals surface area (Å²) >= 11 is 3.55. The van der Waals surface area contributed by atoms with Crippen molar-refractivity contribution in [2.75, 3.05) is 18.5 Å². The first kappa shape index (κ1) is 12.5. The number of halogens is 1. The van der Waals surface area contributed by atoms with Crippen molar-refractivity contribution in [3.63, 3.8) is 0 Å². The van der Waals surface area contributed by atoms with Gasteiger partial charge in [-0.3, -0.25) is 0 Å². The Bertz CT molecular complexity index is 132.